The first-order valence-electron chi connectivity index (χ1n) is 15.9. The van der Waals surface area contributed by atoms with Gasteiger partial charge in [-0.25, -0.2) is 0 Å². The zero-order valence-electron chi connectivity index (χ0n) is 27.1. The van der Waals surface area contributed by atoms with Crippen LogP contribution in [0.15, 0.2) is 10.2 Å². The predicted octanol–water partition coefficient (Wildman–Crippen LogP) is 4.81. The molecule has 0 spiro atoms. The van der Waals surface area contributed by atoms with Crippen LogP contribution in [0, 0.1) is 29.6 Å². The van der Waals surface area contributed by atoms with Gasteiger partial charge in [-0.3, -0.25) is 9.59 Å². The molecule has 3 saturated heterocycles. The van der Waals surface area contributed by atoms with Crippen molar-refractivity contribution in [1.82, 2.24) is 0 Å². The van der Waals surface area contributed by atoms with Gasteiger partial charge in [-0.1, -0.05) is 44.8 Å². The van der Waals surface area contributed by atoms with Crippen LogP contribution in [0.5, 0.6) is 0 Å². The lowest BCUT2D eigenvalue weighted by molar-refractivity contribution is -0.279. The van der Waals surface area contributed by atoms with Crippen molar-refractivity contribution in [3.05, 3.63) is 20.9 Å². The second-order valence-electron chi connectivity index (χ2n) is 13.0. The first kappa shape index (κ1) is 35.1. The Labute approximate surface area is 263 Å². The summed E-state index contributed by atoms with van der Waals surface area (Å²) in [7, 11) is 0. The smallest absolute Gasteiger partial charge is 0.306 e. The molecular weight excluding hydrogens is 588 g/mol. The van der Waals surface area contributed by atoms with Crippen molar-refractivity contribution in [2.24, 2.45) is 39.8 Å². The summed E-state index contributed by atoms with van der Waals surface area (Å²) in [5.41, 5.74) is 18.5. The van der Waals surface area contributed by atoms with Gasteiger partial charge in [0.05, 0.1) is 49.5 Å². The van der Waals surface area contributed by atoms with E-state index in [-0.39, 0.29) is 61.3 Å². The molecule has 2 bridgehead atoms. The van der Waals surface area contributed by atoms with E-state index in [2.05, 4.69) is 27.0 Å². The zero-order chi connectivity index (χ0) is 33.0. The molecule has 0 amide bonds. The second kappa shape index (κ2) is 15.2. The second-order valence-corrected chi connectivity index (χ2v) is 13.0. The number of rotatable bonds is 12. The number of carbonyl (C=O) groups is 3. The number of carbonyl (C=O) groups excluding carboxylic acids is 3. The lowest BCUT2D eigenvalue weighted by atomic mass is 9.73. The number of nitrogens with zero attached hydrogens (tertiary/aromatic N) is 6. The third-order valence-corrected chi connectivity index (χ3v) is 10.1. The summed E-state index contributed by atoms with van der Waals surface area (Å²) in [6, 6.07) is -1.26. The molecule has 3 heterocycles. The SMILES string of the molecule is CC[C@@H]1O[C@@H](O[C@@H]2[C@H](C)C(OC(=O)CCC(C)=O)[C@H](O[C@H]3C4CO[C@@H](O4)C(N=[N+]=[N-])[C@H]3C)C[C@H]2C(C)=O)C(N=[N+]=[N-])[C@@H](C)[C@H]1C. The minimum Gasteiger partial charge on any atom is -0.459 e. The molecule has 0 radical (unpaired) electrons. The Hall–Kier alpha value is -2.77. The van der Waals surface area contributed by atoms with Gasteiger partial charge in [0, 0.05) is 28.1 Å². The number of esters is 1. The van der Waals surface area contributed by atoms with E-state index in [0.29, 0.717) is 0 Å². The Morgan fingerprint density at radius 1 is 0.844 bits per heavy atom. The van der Waals surface area contributed by atoms with Crippen molar-refractivity contribution in [1.29, 1.82) is 0 Å². The minimum atomic E-state index is -0.915. The first-order chi connectivity index (χ1) is 21.4. The van der Waals surface area contributed by atoms with Gasteiger partial charge >= 0.3 is 5.97 Å². The van der Waals surface area contributed by atoms with Gasteiger partial charge in [0.25, 0.3) is 0 Å². The number of fused-ring (bicyclic) bond motifs is 2. The molecule has 4 unspecified atom stereocenters. The lowest BCUT2D eigenvalue weighted by Gasteiger charge is -2.49. The Balaban J connectivity index is 1.65. The summed E-state index contributed by atoms with van der Waals surface area (Å²) in [5, 5.41) is 7.91. The van der Waals surface area contributed by atoms with Crippen LogP contribution in [0.2, 0.25) is 0 Å². The van der Waals surface area contributed by atoms with E-state index in [0.717, 1.165) is 6.42 Å². The largest absolute Gasteiger partial charge is 0.459 e. The normalized spacial score (nSPS) is 42.6. The Morgan fingerprint density at radius 2 is 1.53 bits per heavy atom. The number of ether oxygens (including phenoxy) is 6. The molecule has 1 saturated carbocycles. The molecule has 4 aliphatic rings. The lowest BCUT2D eigenvalue weighted by Crippen LogP contribution is -2.59. The van der Waals surface area contributed by atoms with Gasteiger partial charge in [0.2, 0.25) is 0 Å². The maximum Gasteiger partial charge on any atom is 0.306 e. The highest BCUT2D eigenvalue weighted by atomic mass is 16.7. The van der Waals surface area contributed by atoms with Gasteiger partial charge in [0.15, 0.2) is 12.6 Å². The van der Waals surface area contributed by atoms with Crippen LogP contribution in [-0.4, -0.2) is 85.4 Å². The average Bonchev–Trinajstić information content (AvgIpc) is 3.44. The Bertz CT molecular complexity index is 1190. The fourth-order valence-electron chi connectivity index (χ4n) is 7.27. The predicted molar refractivity (Wildman–Crippen MR) is 158 cm³/mol. The number of Topliss-reactive ketones (excluding diaryl/α,β-unsaturated/α-hetero) is 2. The van der Waals surface area contributed by atoms with E-state index < -0.39 is 73.0 Å². The number of hydrogen-bond acceptors (Lipinski definition) is 11. The summed E-state index contributed by atoms with van der Waals surface area (Å²) in [6.07, 6.45) is -4.34. The Morgan fingerprint density at radius 3 is 2.16 bits per heavy atom. The van der Waals surface area contributed by atoms with E-state index in [4.69, 9.17) is 34.0 Å². The highest BCUT2D eigenvalue weighted by molar-refractivity contribution is 5.81. The Kier molecular flexibility index (Phi) is 11.9. The van der Waals surface area contributed by atoms with Crippen LogP contribution in [0.4, 0.5) is 0 Å². The maximum absolute atomic E-state index is 13.2. The molecule has 15 nitrogen and oxygen atoms in total. The highest BCUT2D eigenvalue weighted by Crippen LogP contribution is 2.43. The molecule has 0 aromatic carbocycles. The standard InChI is InChI=1S/C30H46N6O9/c1-8-20-14(3)15(4)24(33-35-31)30(42-20)45-26-17(6)28(44-23(39)10-9-13(2)37)21(11-19(26)18(7)38)41-27-16(5)25(34-36-32)29-40-12-22(27)43-29/h14-17,19-22,24-30H,8-12H2,1-7H3/t14-,15+,16-,17+,19+,20+,21-,22?,24?,25?,26-,27-,28?,29+,30+/m1/s1. The third-order valence-electron chi connectivity index (χ3n) is 10.1. The van der Waals surface area contributed by atoms with Crippen LogP contribution in [0.3, 0.4) is 0 Å². The van der Waals surface area contributed by atoms with Crippen molar-refractivity contribution in [2.45, 2.75) is 135 Å². The van der Waals surface area contributed by atoms with E-state index in [1.807, 2.05) is 27.7 Å². The first-order valence-corrected chi connectivity index (χ1v) is 15.9. The van der Waals surface area contributed by atoms with Crippen molar-refractivity contribution in [3.8, 4) is 0 Å². The zero-order valence-corrected chi connectivity index (χ0v) is 27.1. The molecule has 45 heavy (non-hydrogen) atoms. The molecule has 15 heteroatoms. The molecular formula is C30H46N6O9. The molecule has 250 valence electrons. The molecule has 1 aliphatic carbocycles. The number of ketones is 2. The van der Waals surface area contributed by atoms with Crippen molar-refractivity contribution in [3.63, 3.8) is 0 Å². The van der Waals surface area contributed by atoms with Crippen LogP contribution < -0.4 is 0 Å². The van der Waals surface area contributed by atoms with Crippen LogP contribution in [0.25, 0.3) is 20.9 Å². The molecule has 3 aliphatic heterocycles. The van der Waals surface area contributed by atoms with Crippen molar-refractivity contribution >= 4 is 17.5 Å². The van der Waals surface area contributed by atoms with Crippen LogP contribution in [0.1, 0.15) is 74.1 Å². The quantitative estimate of drug-likeness (QED) is 0.125. The van der Waals surface area contributed by atoms with Gasteiger partial charge < -0.3 is 33.2 Å². The molecule has 4 rings (SSSR count). The monoisotopic (exact) mass is 634 g/mol. The summed E-state index contributed by atoms with van der Waals surface area (Å²) < 4.78 is 37.3. The van der Waals surface area contributed by atoms with Gasteiger partial charge in [0.1, 0.15) is 23.8 Å². The molecule has 0 aromatic heterocycles. The average molecular weight is 635 g/mol. The third kappa shape index (κ3) is 7.62. The number of azide groups is 2. The molecule has 15 atom stereocenters. The van der Waals surface area contributed by atoms with E-state index in [1.165, 1.54) is 13.8 Å². The molecule has 4 fully saturated rings. The summed E-state index contributed by atoms with van der Waals surface area (Å²) in [5.74, 6) is -2.33. The fraction of sp³-hybridized carbons (Fsp3) is 0.900. The van der Waals surface area contributed by atoms with Crippen LogP contribution >= 0.6 is 0 Å². The van der Waals surface area contributed by atoms with Gasteiger partial charge in [-0.05, 0) is 55.5 Å². The van der Waals surface area contributed by atoms with Crippen LogP contribution in [-0.2, 0) is 42.8 Å². The van der Waals surface area contributed by atoms with E-state index >= 15 is 0 Å². The van der Waals surface area contributed by atoms with E-state index in [1.54, 1.807) is 0 Å². The topological polar surface area (TPSA) is 204 Å². The minimum absolute atomic E-state index is 0.0296. The van der Waals surface area contributed by atoms with E-state index in [9.17, 15) is 19.9 Å². The van der Waals surface area contributed by atoms with Crippen molar-refractivity contribution in [2.75, 3.05) is 6.61 Å². The van der Waals surface area contributed by atoms with Gasteiger partial charge in [-0.15, -0.1) is 0 Å². The summed E-state index contributed by atoms with van der Waals surface area (Å²) >= 11 is 0. The fourth-order valence-corrected chi connectivity index (χ4v) is 7.27. The molecule has 0 aromatic rings. The summed E-state index contributed by atoms with van der Waals surface area (Å²) in [4.78, 5) is 43.8. The van der Waals surface area contributed by atoms with Gasteiger partial charge in [-0.2, -0.15) is 0 Å². The number of hydrogen-bond donors (Lipinski definition) is 0. The summed E-state index contributed by atoms with van der Waals surface area (Å²) in [6.45, 7) is 12.9. The highest BCUT2D eigenvalue weighted by Gasteiger charge is 2.54. The molecule has 0 N–H and O–H groups in total. The maximum atomic E-state index is 13.2. The van der Waals surface area contributed by atoms with Crippen molar-refractivity contribution < 1.29 is 42.8 Å².